The first-order chi connectivity index (χ1) is 19.1. The fraction of sp³-hybridized carbons (Fsp3) is 0.448. The number of aryl methyl sites for hydroxylation is 1. The SMILES string of the molecule is Cc1ccnc(Cn2c(-c3ccc(OCCN4CCNCC4)cc3Cl)nc3c(NC4CCCC4)ncnc32)c1. The molecule has 4 heterocycles. The van der Waals surface area contributed by atoms with Gasteiger partial charge < -0.3 is 19.9 Å². The highest BCUT2D eigenvalue weighted by atomic mass is 35.5. The number of hydrogen-bond donors (Lipinski definition) is 2. The van der Waals surface area contributed by atoms with E-state index in [0.717, 1.165) is 90.9 Å². The molecule has 204 valence electrons. The molecule has 10 heteroatoms. The number of pyridine rings is 1. The Morgan fingerprint density at radius 2 is 1.92 bits per heavy atom. The van der Waals surface area contributed by atoms with Gasteiger partial charge in [0.1, 0.15) is 24.5 Å². The molecule has 1 saturated heterocycles. The van der Waals surface area contributed by atoms with Gasteiger partial charge in [-0.2, -0.15) is 0 Å². The number of benzene rings is 1. The van der Waals surface area contributed by atoms with E-state index < -0.39 is 0 Å². The van der Waals surface area contributed by atoms with Crippen LogP contribution < -0.4 is 15.4 Å². The van der Waals surface area contributed by atoms with E-state index in [9.17, 15) is 0 Å². The van der Waals surface area contributed by atoms with E-state index in [1.807, 2.05) is 30.5 Å². The Hall–Kier alpha value is -3.27. The van der Waals surface area contributed by atoms with Gasteiger partial charge in [-0.1, -0.05) is 24.4 Å². The molecule has 39 heavy (non-hydrogen) atoms. The topological polar surface area (TPSA) is 93.0 Å². The number of imidazole rings is 1. The van der Waals surface area contributed by atoms with Crippen molar-refractivity contribution in [3.63, 3.8) is 0 Å². The molecular formula is C29H35ClN8O. The first kappa shape index (κ1) is 26.0. The molecule has 6 rings (SSSR count). The van der Waals surface area contributed by atoms with Crippen LogP contribution in [0.2, 0.25) is 5.02 Å². The smallest absolute Gasteiger partial charge is 0.166 e. The first-order valence-electron chi connectivity index (χ1n) is 13.9. The molecule has 1 saturated carbocycles. The Morgan fingerprint density at radius 3 is 2.72 bits per heavy atom. The number of nitrogens with zero attached hydrogens (tertiary/aromatic N) is 6. The van der Waals surface area contributed by atoms with Crippen molar-refractivity contribution in [2.45, 2.75) is 45.2 Å². The Kier molecular flexibility index (Phi) is 7.90. The van der Waals surface area contributed by atoms with Gasteiger partial charge in [0.25, 0.3) is 0 Å². The van der Waals surface area contributed by atoms with Crippen LogP contribution in [0.1, 0.15) is 36.9 Å². The van der Waals surface area contributed by atoms with Gasteiger partial charge in [0.2, 0.25) is 0 Å². The standard InChI is InChI=1S/C29H35ClN8O/c1-20-8-9-32-22(16-20)18-38-28(36-26-27(33-19-34-29(26)38)35-21-4-2-3-5-21)24-7-6-23(17-25(24)30)39-15-14-37-12-10-31-11-13-37/h6-9,16-17,19,21,31H,2-5,10-15,18H2,1H3,(H,33,34,35). The summed E-state index contributed by atoms with van der Waals surface area (Å²) in [4.78, 5) is 21.3. The summed E-state index contributed by atoms with van der Waals surface area (Å²) in [5, 5.41) is 7.59. The van der Waals surface area contributed by atoms with Crippen LogP contribution in [0.5, 0.6) is 5.75 Å². The van der Waals surface area contributed by atoms with E-state index in [1.165, 1.54) is 12.8 Å². The molecule has 0 atom stereocenters. The number of aromatic nitrogens is 5. The largest absolute Gasteiger partial charge is 0.492 e. The van der Waals surface area contributed by atoms with Crippen molar-refractivity contribution >= 4 is 28.6 Å². The minimum Gasteiger partial charge on any atom is -0.492 e. The predicted molar refractivity (Wildman–Crippen MR) is 155 cm³/mol. The lowest BCUT2D eigenvalue weighted by atomic mass is 10.2. The summed E-state index contributed by atoms with van der Waals surface area (Å²) in [5.41, 5.74) is 4.42. The van der Waals surface area contributed by atoms with Gasteiger partial charge in [0.15, 0.2) is 17.0 Å². The lowest BCUT2D eigenvalue weighted by Gasteiger charge is -2.26. The molecule has 2 aliphatic rings. The molecule has 2 N–H and O–H groups in total. The number of piperazine rings is 1. The second-order valence-corrected chi connectivity index (χ2v) is 10.9. The third-order valence-electron chi connectivity index (χ3n) is 7.59. The highest BCUT2D eigenvalue weighted by Gasteiger charge is 2.22. The van der Waals surface area contributed by atoms with Crippen molar-refractivity contribution in [3.05, 3.63) is 59.1 Å². The maximum absolute atomic E-state index is 6.88. The Bertz CT molecular complexity index is 1430. The van der Waals surface area contributed by atoms with Crippen LogP contribution in [0.25, 0.3) is 22.6 Å². The molecule has 1 aliphatic carbocycles. The number of ether oxygens (including phenoxy) is 1. The summed E-state index contributed by atoms with van der Waals surface area (Å²) in [6.45, 7) is 8.28. The van der Waals surface area contributed by atoms with Crippen LogP contribution in [-0.2, 0) is 6.54 Å². The summed E-state index contributed by atoms with van der Waals surface area (Å²) in [6.07, 6.45) is 8.23. The average Bonchev–Trinajstić information content (AvgIpc) is 3.58. The van der Waals surface area contributed by atoms with Crippen molar-refractivity contribution in [1.82, 2.24) is 34.7 Å². The van der Waals surface area contributed by atoms with Gasteiger partial charge in [-0.15, -0.1) is 0 Å². The molecule has 1 aliphatic heterocycles. The van der Waals surface area contributed by atoms with Crippen molar-refractivity contribution in [3.8, 4) is 17.1 Å². The fourth-order valence-electron chi connectivity index (χ4n) is 5.50. The third-order valence-corrected chi connectivity index (χ3v) is 7.90. The lowest BCUT2D eigenvalue weighted by molar-refractivity contribution is 0.191. The van der Waals surface area contributed by atoms with Crippen molar-refractivity contribution < 1.29 is 4.74 Å². The number of nitrogens with one attached hydrogen (secondary N) is 2. The molecule has 3 aromatic heterocycles. The van der Waals surface area contributed by atoms with Crippen molar-refractivity contribution in [2.24, 2.45) is 0 Å². The molecule has 0 bridgehead atoms. The van der Waals surface area contributed by atoms with Crippen LogP contribution in [0.3, 0.4) is 0 Å². The van der Waals surface area contributed by atoms with Crippen LogP contribution in [0.15, 0.2) is 42.9 Å². The molecule has 0 amide bonds. The number of halogens is 1. The highest BCUT2D eigenvalue weighted by molar-refractivity contribution is 6.33. The normalized spacial score (nSPS) is 16.7. The highest BCUT2D eigenvalue weighted by Crippen LogP contribution is 2.35. The zero-order valence-corrected chi connectivity index (χ0v) is 23.1. The second-order valence-electron chi connectivity index (χ2n) is 10.4. The van der Waals surface area contributed by atoms with Crippen LogP contribution >= 0.6 is 11.6 Å². The average molecular weight is 547 g/mol. The van der Waals surface area contributed by atoms with Crippen LogP contribution in [-0.4, -0.2) is 74.8 Å². The van der Waals surface area contributed by atoms with Gasteiger partial charge in [0.05, 0.1) is 17.3 Å². The van der Waals surface area contributed by atoms with Gasteiger partial charge in [0, 0.05) is 50.5 Å². The third kappa shape index (κ3) is 6.00. The van der Waals surface area contributed by atoms with Gasteiger partial charge >= 0.3 is 0 Å². The van der Waals surface area contributed by atoms with E-state index in [0.29, 0.717) is 24.2 Å². The van der Waals surface area contributed by atoms with Crippen LogP contribution in [0, 0.1) is 6.92 Å². The fourth-order valence-corrected chi connectivity index (χ4v) is 5.76. The summed E-state index contributed by atoms with van der Waals surface area (Å²) < 4.78 is 8.14. The zero-order chi connectivity index (χ0) is 26.6. The molecule has 4 aromatic rings. The summed E-state index contributed by atoms with van der Waals surface area (Å²) in [7, 11) is 0. The maximum atomic E-state index is 6.88. The summed E-state index contributed by atoms with van der Waals surface area (Å²) in [6, 6.07) is 10.3. The van der Waals surface area contributed by atoms with Crippen molar-refractivity contribution in [1.29, 1.82) is 0 Å². The van der Waals surface area contributed by atoms with Crippen molar-refractivity contribution in [2.75, 3.05) is 44.6 Å². The molecule has 0 radical (unpaired) electrons. The number of anilines is 1. The molecule has 1 aromatic carbocycles. The molecular weight excluding hydrogens is 512 g/mol. The van der Waals surface area contributed by atoms with Gasteiger partial charge in [-0.05, 0) is 55.7 Å². The monoisotopic (exact) mass is 546 g/mol. The molecule has 9 nitrogen and oxygen atoms in total. The van der Waals surface area contributed by atoms with E-state index in [1.54, 1.807) is 6.33 Å². The van der Waals surface area contributed by atoms with E-state index >= 15 is 0 Å². The van der Waals surface area contributed by atoms with Crippen LogP contribution in [0.4, 0.5) is 5.82 Å². The second kappa shape index (κ2) is 11.9. The Labute approximate surface area is 234 Å². The Balaban J connectivity index is 1.31. The summed E-state index contributed by atoms with van der Waals surface area (Å²) >= 11 is 6.88. The molecule has 0 unspecified atom stereocenters. The van der Waals surface area contributed by atoms with Gasteiger partial charge in [-0.3, -0.25) is 9.88 Å². The van der Waals surface area contributed by atoms with Gasteiger partial charge in [-0.25, -0.2) is 15.0 Å². The van der Waals surface area contributed by atoms with E-state index in [-0.39, 0.29) is 0 Å². The Morgan fingerprint density at radius 1 is 1.08 bits per heavy atom. The minimum atomic E-state index is 0.413. The quantitative estimate of drug-likeness (QED) is 0.316. The zero-order valence-electron chi connectivity index (χ0n) is 22.4. The number of fused-ring (bicyclic) bond motifs is 1. The molecule has 2 fully saturated rings. The minimum absolute atomic E-state index is 0.413. The molecule has 0 spiro atoms. The van der Waals surface area contributed by atoms with E-state index in [2.05, 4.69) is 48.0 Å². The lowest BCUT2D eigenvalue weighted by Crippen LogP contribution is -2.44. The number of rotatable bonds is 9. The van der Waals surface area contributed by atoms with E-state index in [4.69, 9.17) is 21.3 Å². The maximum Gasteiger partial charge on any atom is 0.166 e. The summed E-state index contributed by atoms with van der Waals surface area (Å²) in [5.74, 6) is 2.26. The predicted octanol–water partition coefficient (Wildman–Crippen LogP) is 4.54. The first-order valence-corrected chi connectivity index (χ1v) is 14.3. The number of hydrogen-bond acceptors (Lipinski definition) is 8.